The fraction of sp³-hybridized carbons (Fsp3) is 0.377. The highest BCUT2D eigenvalue weighted by molar-refractivity contribution is 5.80. The van der Waals surface area contributed by atoms with Gasteiger partial charge in [0, 0.05) is 39.5 Å². The van der Waals surface area contributed by atoms with Gasteiger partial charge < -0.3 is 9.80 Å². The van der Waals surface area contributed by atoms with E-state index in [0.29, 0.717) is 0 Å². The molecule has 0 radical (unpaired) electrons. The fourth-order valence-corrected chi connectivity index (χ4v) is 12.5. The van der Waals surface area contributed by atoms with Crippen LogP contribution in [0.4, 0.5) is 34.1 Å². The normalized spacial score (nSPS) is 13.0. The molecule has 9 rings (SSSR count). The summed E-state index contributed by atoms with van der Waals surface area (Å²) in [5.41, 5.74) is 20.8. The van der Waals surface area contributed by atoms with Gasteiger partial charge in [0.15, 0.2) is 0 Å². The Morgan fingerprint density at radius 3 is 0.696 bits per heavy atom. The van der Waals surface area contributed by atoms with Crippen LogP contribution in [-0.2, 0) is 31.1 Å². The van der Waals surface area contributed by atoms with Crippen LogP contribution in [0.1, 0.15) is 189 Å². The Labute approximate surface area is 478 Å². The van der Waals surface area contributed by atoms with Gasteiger partial charge in [-0.2, -0.15) is 0 Å². The molecule has 8 aromatic rings. The van der Waals surface area contributed by atoms with E-state index in [1.807, 2.05) is 0 Å². The lowest BCUT2D eigenvalue weighted by atomic mass is 9.72. The lowest BCUT2D eigenvalue weighted by molar-refractivity contribution is 0.535. The van der Waals surface area contributed by atoms with Crippen molar-refractivity contribution in [1.29, 1.82) is 0 Å². The maximum atomic E-state index is 2.43. The molecule has 0 unspecified atom stereocenters. The van der Waals surface area contributed by atoms with Gasteiger partial charge >= 0.3 is 0 Å². The molecule has 1 aliphatic carbocycles. The first-order valence-electron chi connectivity index (χ1n) is 31.4. The number of rotatable bonds is 30. The van der Waals surface area contributed by atoms with Crippen molar-refractivity contribution in [1.82, 2.24) is 0 Å². The Bertz CT molecular complexity index is 2660. The summed E-state index contributed by atoms with van der Waals surface area (Å²) < 4.78 is 0. The van der Waals surface area contributed by atoms with Crippen LogP contribution in [0.3, 0.4) is 0 Å². The second-order valence-corrected chi connectivity index (χ2v) is 23.1. The zero-order valence-corrected chi connectivity index (χ0v) is 48.8. The second kappa shape index (κ2) is 29.5. The molecule has 0 N–H and O–H groups in total. The summed E-state index contributed by atoms with van der Waals surface area (Å²) in [5.74, 6) is 0. The molecule has 0 saturated heterocycles. The molecular weight excluding hydrogens is 953 g/mol. The first-order valence-corrected chi connectivity index (χ1v) is 31.4. The van der Waals surface area contributed by atoms with Crippen molar-refractivity contribution in [3.63, 3.8) is 0 Å². The standard InChI is InChI=1S/C77H92N2/c1-5-9-13-17-23-61-27-47-71(48-28-61)78(72-49-29-62(30-50-72)24-18-14-10-6-2)75-55-39-67(40-56-75)65-35-43-69(44-36-65)77(59-21-22-60-77)70-45-37-66(38-46-70)68-41-57-76(58-42-68)79(73-51-31-63(32-52-73)25-19-15-11-7-3)74-53-33-64(34-54-74)26-20-16-12-8-4/h27-58H,5-26,59-60H2,1-4H3. The van der Waals surface area contributed by atoms with Crippen LogP contribution in [0.2, 0.25) is 0 Å². The van der Waals surface area contributed by atoms with Crippen LogP contribution in [0.25, 0.3) is 22.3 Å². The highest BCUT2D eigenvalue weighted by Crippen LogP contribution is 2.48. The third-order valence-corrected chi connectivity index (χ3v) is 17.3. The van der Waals surface area contributed by atoms with Gasteiger partial charge in [-0.1, -0.05) is 239 Å². The highest BCUT2D eigenvalue weighted by Gasteiger charge is 2.37. The van der Waals surface area contributed by atoms with Gasteiger partial charge in [-0.25, -0.2) is 0 Å². The molecule has 1 aliphatic rings. The van der Waals surface area contributed by atoms with Crippen molar-refractivity contribution in [2.24, 2.45) is 0 Å². The molecule has 0 atom stereocenters. The van der Waals surface area contributed by atoms with Gasteiger partial charge in [-0.15, -0.1) is 0 Å². The Kier molecular flexibility index (Phi) is 21.3. The van der Waals surface area contributed by atoms with E-state index < -0.39 is 0 Å². The van der Waals surface area contributed by atoms with Gasteiger partial charge in [0.05, 0.1) is 0 Å². The molecule has 2 heteroatoms. The summed E-state index contributed by atoms with van der Waals surface area (Å²) in [7, 11) is 0. The largest absolute Gasteiger partial charge is 0.311 e. The van der Waals surface area contributed by atoms with E-state index in [-0.39, 0.29) is 5.41 Å². The average molecular weight is 1050 g/mol. The molecule has 0 amide bonds. The van der Waals surface area contributed by atoms with E-state index in [1.54, 1.807) is 0 Å². The number of unbranched alkanes of at least 4 members (excludes halogenated alkanes) is 12. The highest BCUT2D eigenvalue weighted by atomic mass is 15.1. The predicted molar refractivity (Wildman–Crippen MR) is 344 cm³/mol. The topological polar surface area (TPSA) is 6.48 Å². The van der Waals surface area contributed by atoms with Crippen LogP contribution < -0.4 is 9.80 Å². The number of benzene rings is 8. The van der Waals surface area contributed by atoms with Gasteiger partial charge in [-0.3, -0.25) is 0 Å². The van der Waals surface area contributed by atoms with Crippen LogP contribution >= 0.6 is 0 Å². The average Bonchev–Trinajstić information content (AvgIpc) is 4.08. The van der Waals surface area contributed by atoms with Crippen LogP contribution in [0.15, 0.2) is 194 Å². The maximum Gasteiger partial charge on any atom is 0.0462 e. The fourth-order valence-electron chi connectivity index (χ4n) is 12.5. The minimum atomic E-state index is 0.0258. The molecule has 8 aromatic carbocycles. The van der Waals surface area contributed by atoms with Crippen molar-refractivity contribution in [2.75, 3.05) is 9.80 Å². The lowest BCUT2D eigenvalue weighted by Crippen LogP contribution is -2.23. The molecular formula is C77H92N2. The number of hydrogen-bond acceptors (Lipinski definition) is 2. The summed E-state index contributed by atoms with van der Waals surface area (Å²) in [6.07, 6.45) is 30.1. The Hall–Kier alpha value is -6.64. The van der Waals surface area contributed by atoms with Crippen molar-refractivity contribution in [3.8, 4) is 22.3 Å². The molecule has 1 fully saturated rings. The number of anilines is 6. The quantitative estimate of drug-likeness (QED) is 0.0414. The van der Waals surface area contributed by atoms with E-state index >= 15 is 0 Å². The smallest absolute Gasteiger partial charge is 0.0462 e. The van der Waals surface area contributed by atoms with Gasteiger partial charge in [0.2, 0.25) is 0 Å². The monoisotopic (exact) mass is 1040 g/mol. The molecule has 0 spiro atoms. The van der Waals surface area contributed by atoms with Gasteiger partial charge in [-0.05, 0) is 193 Å². The molecule has 2 nitrogen and oxygen atoms in total. The van der Waals surface area contributed by atoms with E-state index in [2.05, 4.69) is 232 Å². The number of aryl methyl sites for hydroxylation is 4. The Balaban J connectivity index is 0.906. The zero-order valence-electron chi connectivity index (χ0n) is 48.8. The Morgan fingerprint density at radius 1 is 0.253 bits per heavy atom. The van der Waals surface area contributed by atoms with Crippen LogP contribution in [0.5, 0.6) is 0 Å². The SMILES string of the molecule is CCCCCCc1ccc(N(c2ccc(CCCCCC)cc2)c2ccc(-c3ccc(C4(c5ccc(-c6ccc(N(c7ccc(CCCCCC)cc7)c7ccc(CCCCCC)cc7)cc6)cc5)CCCC4)cc3)cc2)cc1. The predicted octanol–water partition coefficient (Wildman–Crippen LogP) is 23.3. The number of hydrogen-bond donors (Lipinski definition) is 0. The summed E-state index contributed by atoms with van der Waals surface area (Å²) in [4.78, 5) is 4.86. The van der Waals surface area contributed by atoms with Crippen LogP contribution in [-0.4, -0.2) is 0 Å². The molecule has 0 bridgehead atoms. The summed E-state index contributed by atoms with van der Waals surface area (Å²) in [6, 6.07) is 75.0. The van der Waals surface area contributed by atoms with Gasteiger partial charge in [0.1, 0.15) is 0 Å². The minimum Gasteiger partial charge on any atom is -0.311 e. The molecule has 410 valence electrons. The third-order valence-electron chi connectivity index (χ3n) is 17.3. The van der Waals surface area contributed by atoms with E-state index in [4.69, 9.17) is 0 Å². The van der Waals surface area contributed by atoms with Crippen molar-refractivity contribution in [3.05, 3.63) is 228 Å². The third kappa shape index (κ3) is 15.2. The summed E-state index contributed by atoms with van der Waals surface area (Å²) in [6.45, 7) is 9.15. The second-order valence-electron chi connectivity index (χ2n) is 23.1. The van der Waals surface area contributed by atoms with Gasteiger partial charge in [0.25, 0.3) is 0 Å². The molecule has 0 aliphatic heterocycles. The first-order chi connectivity index (χ1) is 39.0. The first kappa shape index (κ1) is 57.1. The Morgan fingerprint density at radius 2 is 0.468 bits per heavy atom. The molecule has 0 aromatic heterocycles. The number of nitrogens with zero attached hydrogens (tertiary/aromatic N) is 2. The summed E-state index contributed by atoms with van der Waals surface area (Å²) >= 11 is 0. The minimum absolute atomic E-state index is 0.0258. The lowest BCUT2D eigenvalue weighted by Gasteiger charge is -2.31. The van der Waals surface area contributed by atoms with E-state index in [0.717, 1.165) is 25.7 Å². The maximum absolute atomic E-state index is 2.43. The van der Waals surface area contributed by atoms with Crippen molar-refractivity contribution >= 4 is 34.1 Å². The van der Waals surface area contributed by atoms with E-state index in [9.17, 15) is 0 Å². The van der Waals surface area contributed by atoms with Crippen LogP contribution in [0, 0.1) is 0 Å². The molecule has 0 heterocycles. The molecule has 79 heavy (non-hydrogen) atoms. The van der Waals surface area contributed by atoms with Crippen molar-refractivity contribution < 1.29 is 0 Å². The van der Waals surface area contributed by atoms with E-state index in [1.165, 1.54) is 218 Å². The van der Waals surface area contributed by atoms with Crippen molar-refractivity contribution in [2.45, 2.75) is 187 Å². The zero-order chi connectivity index (χ0) is 54.5. The summed E-state index contributed by atoms with van der Waals surface area (Å²) in [5, 5.41) is 0. The molecule has 1 saturated carbocycles.